The number of aliphatic carboxylic acids is 1. The number of carbonyl (C=O) groups excluding carboxylic acids is 1. The molecule has 6 nitrogen and oxygen atoms in total. The van der Waals surface area contributed by atoms with Gasteiger partial charge in [0, 0.05) is 25.5 Å². The monoisotopic (exact) mass is 275 g/mol. The lowest BCUT2D eigenvalue weighted by molar-refractivity contribution is -0.147. The molecular weight excluding hydrogens is 258 g/mol. The van der Waals surface area contributed by atoms with E-state index in [4.69, 9.17) is 5.11 Å². The summed E-state index contributed by atoms with van der Waals surface area (Å²) >= 11 is 0. The minimum Gasteiger partial charge on any atom is -0.479 e. The fraction of sp³-hybridized carbons (Fsp3) is 0.357. The third-order valence-electron chi connectivity index (χ3n) is 3.14. The summed E-state index contributed by atoms with van der Waals surface area (Å²) in [4.78, 5) is 30.3. The smallest absolute Gasteiger partial charge is 0.330 e. The first kappa shape index (κ1) is 14.2. The molecule has 1 aliphatic heterocycles. The molecule has 106 valence electrons. The molecule has 0 bridgehead atoms. The molecule has 0 aromatic carbocycles. The van der Waals surface area contributed by atoms with E-state index < -0.39 is 12.0 Å². The van der Waals surface area contributed by atoms with Crippen LogP contribution in [0.2, 0.25) is 0 Å². The Balaban J connectivity index is 1.90. The van der Waals surface area contributed by atoms with Crippen molar-refractivity contribution in [1.29, 1.82) is 0 Å². The maximum absolute atomic E-state index is 12.1. The van der Waals surface area contributed by atoms with Crippen LogP contribution in [0.4, 0.5) is 0 Å². The van der Waals surface area contributed by atoms with Crippen molar-refractivity contribution in [3.63, 3.8) is 0 Å². The maximum Gasteiger partial charge on any atom is 0.330 e. The molecule has 1 atom stereocenters. The fourth-order valence-corrected chi connectivity index (χ4v) is 2.17. The van der Waals surface area contributed by atoms with Crippen molar-refractivity contribution < 1.29 is 14.7 Å². The van der Waals surface area contributed by atoms with Crippen LogP contribution in [-0.4, -0.2) is 57.9 Å². The summed E-state index contributed by atoms with van der Waals surface area (Å²) in [6.45, 7) is 1.17. The predicted molar refractivity (Wildman–Crippen MR) is 72.8 cm³/mol. The number of hydrogen-bond acceptors (Lipinski definition) is 4. The van der Waals surface area contributed by atoms with Crippen molar-refractivity contribution in [1.82, 2.24) is 14.8 Å². The van der Waals surface area contributed by atoms with Crippen LogP contribution in [0.5, 0.6) is 0 Å². The molecule has 0 spiro atoms. The minimum absolute atomic E-state index is 0.182. The van der Waals surface area contributed by atoms with E-state index in [-0.39, 0.29) is 12.5 Å². The van der Waals surface area contributed by atoms with Gasteiger partial charge in [0.2, 0.25) is 5.91 Å². The number of amides is 1. The third-order valence-corrected chi connectivity index (χ3v) is 3.14. The quantitative estimate of drug-likeness (QED) is 0.786. The van der Waals surface area contributed by atoms with Crippen molar-refractivity contribution in [3.8, 4) is 0 Å². The number of carboxylic acids is 1. The first-order chi connectivity index (χ1) is 9.58. The van der Waals surface area contributed by atoms with E-state index in [9.17, 15) is 9.59 Å². The van der Waals surface area contributed by atoms with E-state index >= 15 is 0 Å². The zero-order chi connectivity index (χ0) is 14.5. The van der Waals surface area contributed by atoms with Crippen molar-refractivity contribution in [3.05, 3.63) is 42.2 Å². The van der Waals surface area contributed by atoms with Gasteiger partial charge < -0.3 is 10.0 Å². The summed E-state index contributed by atoms with van der Waals surface area (Å²) in [5.74, 6) is -1.18. The van der Waals surface area contributed by atoms with E-state index in [0.717, 1.165) is 5.56 Å². The van der Waals surface area contributed by atoms with Gasteiger partial charge in [-0.3, -0.25) is 14.7 Å². The molecule has 2 rings (SSSR count). The Bertz CT molecular complexity index is 516. The van der Waals surface area contributed by atoms with Gasteiger partial charge in [-0.15, -0.1) is 0 Å². The number of nitrogens with zero attached hydrogens (tertiary/aromatic N) is 3. The van der Waals surface area contributed by atoms with Crippen molar-refractivity contribution in [2.24, 2.45) is 0 Å². The van der Waals surface area contributed by atoms with Gasteiger partial charge in [-0.2, -0.15) is 0 Å². The van der Waals surface area contributed by atoms with Crippen molar-refractivity contribution >= 4 is 11.9 Å². The van der Waals surface area contributed by atoms with Crippen LogP contribution in [0.3, 0.4) is 0 Å². The number of carbonyl (C=O) groups is 2. The average Bonchev–Trinajstić information content (AvgIpc) is 2.89. The topological polar surface area (TPSA) is 73.7 Å². The molecule has 1 aromatic heterocycles. The second-order valence-corrected chi connectivity index (χ2v) is 4.79. The summed E-state index contributed by atoms with van der Waals surface area (Å²) < 4.78 is 0. The van der Waals surface area contributed by atoms with Crippen LogP contribution in [-0.2, 0) is 16.1 Å². The van der Waals surface area contributed by atoms with Crippen LogP contribution in [0.15, 0.2) is 36.7 Å². The van der Waals surface area contributed by atoms with Gasteiger partial charge in [-0.1, -0.05) is 12.2 Å². The number of rotatable bonds is 5. The van der Waals surface area contributed by atoms with Crippen LogP contribution >= 0.6 is 0 Å². The highest BCUT2D eigenvalue weighted by atomic mass is 16.4. The van der Waals surface area contributed by atoms with E-state index in [1.165, 1.54) is 4.90 Å². The van der Waals surface area contributed by atoms with E-state index in [2.05, 4.69) is 4.98 Å². The number of likely N-dealkylation sites (N-methyl/N-ethyl adjacent to an activating group) is 1. The van der Waals surface area contributed by atoms with Crippen LogP contribution in [0.1, 0.15) is 5.56 Å². The number of hydrogen-bond donors (Lipinski definition) is 1. The minimum atomic E-state index is -0.996. The lowest BCUT2D eigenvalue weighted by Gasteiger charge is -2.24. The number of aromatic nitrogens is 1. The largest absolute Gasteiger partial charge is 0.479 e. The zero-order valence-electron chi connectivity index (χ0n) is 11.3. The Morgan fingerprint density at radius 2 is 2.15 bits per heavy atom. The highest BCUT2D eigenvalue weighted by Gasteiger charge is 2.30. The molecule has 0 radical (unpaired) electrons. The number of pyridine rings is 1. The SMILES string of the molecule is CN(CC(=O)N1CC=CC1C(=O)O)Cc1ccncc1. The molecule has 2 heterocycles. The Kier molecular flexibility index (Phi) is 4.47. The normalized spacial score (nSPS) is 17.7. The molecule has 1 unspecified atom stereocenters. The predicted octanol–water partition coefficient (Wildman–Crippen LogP) is 0.365. The molecule has 1 N–H and O–H groups in total. The van der Waals surface area contributed by atoms with Gasteiger partial charge in [0.1, 0.15) is 6.04 Å². The molecule has 0 saturated heterocycles. The second kappa shape index (κ2) is 6.29. The maximum atomic E-state index is 12.1. The molecule has 0 aliphatic carbocycles. The van der Waals surface area contributed by atoms with Crippen molar-refractivity contribution in [2.75, 3.05) is 20.1 Å². The molecule has 6 heteroatoms. The third kappa shape index (κ3) is 3.42. The fourth-order valence-electron chi connectivity index (χ4n) is 2.17. The Morgan fingerprint density at radius 1 is 1.45 bits per heavy atom. The molecule has 1 amide bonds. The van der Waals surface area contributed by atoms with Crippen LogP contribution < -0.4 is 0 Å². The highest BCUT2D eigenvalue weighted by molar-refractivity contribution is 5.87. The summed E-state index contributed by atoms with van der Waals surface area (Å²) in [6.07, 6.45) is 6.66. The second-order valence-electron chi connectivity index (χ2n) is 4.79. The molecular formula is C14H17N3O3. The van der Waals surface area contributed by atoms with Gasteiger partial charge >= 0.3 is 5.97 Å². The van der Waals surface area contributed by atoms with Crippen LogP contribution in [0.25, 0.3) is 0 Å². The van der Waals surface area contributed by atoms with Gasteiger partial charge in [-0.05, 0) is 24.7 Å². The standard InChI is InChI=1S/C14H17N3O3/c1-16(9-11-4-6-15-7-5-11)10-13(18)17-8-2-3-12(17)14(19)20/h2-7,12H,8-10H2,1H3,(H,19,20). The van der Waals surface area contributed by atoms with E-state index in [1.807, 2.05) is 24.1 Å². The molecule has 1 aromatic rings. The average molecular weight is 275 g/mol. The molecule has 0 fully saturated rings. The molecule has 20 heavy (non-hydrogen) atoms. The van der Waals surface area contributed by atoms with Crippen LogP contribution in [0, 0.1) is 0 Å². The Hall–Kier alpha value is -2.21. The summed E-state index contributed by atoms with van der Waals surface area (Å²) in [6, 6.07) is 2.94. The van der Waals surface area contributed by atoms with Gasteiger partial charge in [0.25, 0.3) is 0 Å². The summed E-state index contributed by atoms with van der Waals surface area (Å²) in [7, 11) is 1.83. The van der Waals surface area contributed by atoms with Gasteiger partial charge in [-0.25, -0.2) is 4.79 Å². The lowest BCUT2D eigenvalue weighted by Crippen LogP contribution is -2.45. The first-order valence-corrected chi connectivity index (χ1v) is 6.34. The lowest BCUT2D eigenvalue weighted by atomic mass is 10.2. The van der Waals surface area contributed by atoms with E-state index in [1.54, 1.807) is 24.5 Å². The summed E-state index contributed by atoms with van der Waals surface area (Å²) in [5.41, 5.74) is 1.06. The van der Waals surface area contributed by atoms with Gasteiger partial charge in [0.15, 0.2) is 0 Å². The Morgan fingerprint density at radius 3 is 2.80 bits per heavy atom. The Labute approximate surface area is 117 Å². The van der Waals surface area contributed by atoms with Gasteiger partial charge in [0.05, 0.1) is 6.54 Å². The molecule has 1 aliphatic rings. The molecule has 0 saturated carbocycles. The highest BCUT2D eigenvalue weighted by Crippen LogP contribution is 2.11. The first-order valence-electron chi connectivity index (χ1n) is 6.34. The summed E-state index contributed by atoms with van der Waals surface area (Å²) in [5, 5.41) is 9.04. The van der Waals surface area contributed by atoms with Crippen molar-refractivity contribution in [2.45, 2.75) is 12.6 Å². The van der Waals surface area contributed by atoms with E-state index in [0.29, 0.717) is 13.1 Å². The number of carboxylic acid groups (broad SMARTS) is 1. The zero-order valence-corrected chi connectivity index (χ0v) is 11.3.